The first-order chi connectivity index (χ1) is 10.1. The molecule has 21 heavy (non-hydrogen) atoms. The van der Waals surface area contributed by atoms with Gasteiger partial charge in [-0.05, 0) is 12.1 Å². The van der Waals surface area contributed by atoms with Crippen LogP contribution in [0.4, 0.5) is 10.1 Å². The summed E-state index contributed by atoms with van der Waals surface area (Å²) in [4.78, 5) is 4.19. The molecule has 0 radical (unpaired) electrons. The van der Waals surface area contributed by atoms with Crippen molar-refractivity contribution in [3.05, 3.63) is 58.7 Å². The van der Waals surface area contributed by atoms with E-state index in [1.807, 2.05) is 0 Å². The predicted molar refractivity (Wildman–Crippen MR) is 74.3 cm³/mol. The van der Waals surface area contributed by atoms with Crippen LogP contribution in [0, 0.1) is 5.82 Å². The van der Waals surface area contributed by atoms with Crippen LogP contribution >= 0.6 is 11.6 Å². The van der Waals surface area contributed by atoms with Crippen LogP contribution in [0.3, 0.4) is 0 Å². The Morgan fingerprint density at radius 2 is 2.24 bits per heavy atom. The highest BCUT2D eigenvalue weighted by atomic mass is 35.5. The molecule has 0 aliphatic heterocycles. The first-order valence-electron chi connectivity index (χ1n) is 6.14. The fourth-order valence-corrected chi connectivity index (χ4v) is 2.12. The van der Waals surface area contributed by atoms with Crippen LogP contribution in [0.15, 0.2) is 35.1 Å². The van der Waals surface area contributed by atoms with Crippen LogP contribution in [-0.4, -0.2) is 19.9 Å². The van der Waals surface area contributed by atoms with Crippen molar-refractivity contribution in [2.75, 3.05) is 5.73 Å². The summed E-state index contributed by atoms with van der Waals surface area (Å²) in [6.45, 7) is 0.301. The lowest BCUT2D eigenvalue weighted by molar-refractivity contribution is 0.361. The van der Waals surface area contributed by atoms with E-state index in [1.54, 1.807) is 23.0 Å². The van der Waals surface area contributed by atoms with Gasteiger partial charge in [-0.3, -0.25) is 4.68 Å². The molecule has 108 valence electrons. The molecule has 0 atom stereocenters. The number of halogens is 2. The molecule has 0 spiro atoms. The third-order valence-corrected chi connectivity index (χ3v) is 3.21. The van der Waals surface area contributed by atoms with Crippen LogP contribution in [0.5, 0.6) is 0 Å². The average molecular weight is 308 g/mol. The minimum atomic E-state index is -0.395. The van der Waals surface area contributed by atoms with Crippen molar-refractivity contribution in [3.8, 4) is 0 Å². The van der Waals surface area contributed by atoms with Gasteiger partial charge in [-0.15, -0.1) is 0 Å². The molecule has 3 aromatic rings. The number of hydrogen-bond acceptors (Lipinski definition) is 5. The Kier molecular flexibility index (Phi) is 3.57. The van der Waals surface area contributed by atoms with Gasteiger partial charge >= 0.3 is 0 Å². The van der Waals surface area contributed by atoms with E-state index in [4.69, 9.17) is 21.9 Å². The van der Waals surface area contributed by atoms with Crippen molar-refractivity contribution in [1.29, 1.82) is 0 Å². The van der Waals surface area contributed by atoms with E-state index >= 15 is 0 Å². The number of nitrogen functional groups attached to an aromatic ring is 1. The third kappa shape index (κ3) is 3.03. The van der Waals surface area contributed by atoms with E-state index in [0.717, 1.165) is 0 Å². The van der Waals surface area contributed by atoms with Gasteiger partial charge in [0, 0.05) is 23.2 Å². The predicted octanol–water partition coefficient (Wildman–Crippen LogP) is 2.28. The molecule has 2 N–H and O–H groups in total. The van der Waals surface area contributed by atoms with Crippen LogP contribution in [0.25, 0.3) is 0 Å². The smallest absolute Gasteiger partial charge is 0.248 e. The number of rotatable bonds is 4. The Morgan fingerprint density at radius 3 is 2.95 bits per heavy atom. The Morgan fingerprint density at radius 1 is 1.38 bits per heavy atom. The molecule has 0 saturated carbocycles. The normalized spacial score (nSPS) is 11.0. The standard InChI is InChI=1S/C13H11ClFN5O/c14-10-2-1-3-11(15)9(10)4-12-18-13(21-19-12)7-20-6-8(16)5-17-20/h1-3,5-6H,4,7,16H2. The van der Waals surface area contributed by atoms with Gasteiger partial charge in [0.25, 0.3) is 0 Å². The summed E-state index contributed by atoms with van der Waals surface area (Å²) in [6.07, 6.45) is 3.34. The monoisotopic (exact) mass is 307 g/mol. The van der Waals surface area contributed by atoms with E-state index in [0.29, 0.717) is 34.5 Å². The summed E-state index contributed by atoms with van der Waals surface area (Å²) in [5.41, 5.74) is 6.46. The number of anilines is 1. The molecule has 8 heteroatoms. The second-order valence-electron chi connectivity index (χ2n) is 4.45. The highest BCUT2D eigenvalue weighted by Crippen LogP contribution is 2.21. The number of benzene rings is 1. The lowest BCUT2D eigenvalue weighted by atomic mass is 10.1. The molecule has 2 aromatic heterocycles. The summed E-state index contributed by atoms with van der Waals surface area (Å²) in [5.74, 6) is 0.325. The van der Waals surface area contributed by atoms with Gasteiger partial charge in [0.1, 0.15) is 12.4 Å². The molecule has 0 bridgehead atoms. The molecule has 0 aliphatic carbocycles. The molecule has 0 aliphatic rings. The number of nitrogens with zero attached hydrogens (tertiary/aromatic N) is 4. The molecule has 0 saturated heterocycles. The van der Waals surface area contributed by atoms with E-state index in [2.05, 4.69) is 15.2 Å². The molecule has 1 aromatic carbocycles. The van der Waals surface area contributed by atoms with Gasteiger partial charge in [0.2, 0.25) is 5.89 Å². The summed E-state index contributed by atoms with van der Waals surface area (Å²) in [5, 5.41) is 8.16. The minimum absolute atomic E-state index is 0.163. The number of nitrogens with two attached hydrogens (primary N) is 1. The van der Waals surface area contributed by atoms with Crippen LogP contribution < -0.4 is 5.73 Å². The van der Waals surface area contributed by atoms with Crippen LogP contribution in [0.1, 0.15) is 17.3 Å². The Hall–Kier alpha value is -2.41. The summed E-state index contributed by atoms with van der Waals surface area (Å²) in [6, 6.07) is 4.51. The van der Waals surface area contributed by atoms with Gasteiger partial charge < -0.3 is 10.3 Å². The second-order valence-corrected chi connectivity index (χ2v) is 4.86. The molecule has 0 unspecified atom stereocenters. The van der Waals surface area contributed by atoms with E-state index in [-0.39, 0.29) is 6.42 Å². The van der Waals surface area contributed by atoms with Gasteiger partial charge in [-0.25, -0.2) is 4.39 Å². The summed E-state index contributed by atoms with van der Waals surface area (Å²) < 4.78 is 20.4. The zero-order chi connectivity index (χ0) is 14.8. The largest absolute Gasteiger partial charge is 0.396 e. The Balaban J connectivity index is 1.76. The lowest BCUT2D eigenvalue weighted by Gasteiger charge is -2.01. The molecule has 2 heterocycles. The zero-order valence-corrected chi connectivity index (χ0v) is 11.6. The molecule has 0 amide bonds. The van der Waals surface area contributed by atoms with Crippen molar-refractivity contribution in [1.82, 2.24) is 19.9 Å². The van der Waals surface area contributed by atoms with Crippen molar-refractivity contribution in [2.45, 2.75) is 13.0 Å². The van der Waals surface area contributed by atoms with Crippen LogP contribution in [0.2, 0.25) is 5.02 Å². The third-order valence-electron chi connectivity index (χ3n) is 2.86. The first-order valence-corrected chi connectivity index (χ1v) is 6.52. The first kappa shape index (κ1) is 13.6. The van der Waals surface area contributed by atoms with Crippen molar-refractivity contribution in [3.63, 3.8) is 0 Å². The highest BCUT2D eigenvalue weighted by molar-refractivity contribution is 6.31. The van der Waals surface area contributed by atoms with Gasteiger partial charge in [-0.1, -0.05) is 22.8 Å². The molecular formula is C13H11ClFN5O. The number of hydrogen-bond donors (Lipinski definition) is 1. The maximum atomic E-state index is 13.7. The second kappa shape index (κ2) is 5.53. The summed E-state index contributed by atoms with van der Waals surface area (Å²) >= 11 is 5.96. The molecule has 0 fully saturated rings. The SMILES string of the molecule is Nc1cnn(Cc2nc(Cc3c(F)cccc3Cl)no2)c1. The van der Waals surface area contributed by atoms with Crippen molar-refractivity contribution in [2.24, 2.45) is 0 Å². The van der Waals surface area contributed by atoms with E-state index in [1.165, 1.54) is 12.3 Å². The van der Waals surface area contributed by atoms with Gasteiger partial charge in [0.05, 0.1) is 11.9 Å². The van der Waals surface area contributed by atoms with Crippen LogP contribution in [-0.2, 0) is 13.0 Å². The van der Waals surface area contributed by atoms with Crippen molar-refractivity contribution < 1.29 is 8.91 Å². The number of aromatic nitrogens is 4. The lowest BCUT2D eigenvalue weighted by Crippen LogP contribution is -2.01. The fraction of sp³-hybridized carbons (Fsp3) is 0.154. The Bertz CT molecular complexity index is 749. The quantitative estimate of drug-likeness (QED) is 0.799. The van der Waals surface area contributed by atoms with E-state index in [9.17, 15) is 4.39 Å². The maximum Gasteiger partial charge on any atom is 0.248 e. The molecule has 6 nitrogen and oxygen atoms in total. The summed E-state index contributed by atoms with van der Waals surface area (Å²) in [7, 11) is 0. The topological polar surface area (TPSA) is 82.8 Å². The minimum Gasteiger partial charge on any atom is -0.396 e. The van der Waals surface area contributed by atoms with E-state index < -0.39 is 5.82 Å². The van der Waals surface area contributed by atoms with Gasteiger partial charge in [0.15, 0.2) is 5.82 Å². The average Bonchev–Trinajstić information content (AvgIpc) is 3.04. The highest BCUT2D eigenvalue weighted by Gasteiger charge is 2.13. The molecule has 3 rings (SSSR count). The van der Waals surface area contributed by atoms with Crippen molar-refractivity contribution >= 4 is 17.3 Å². The molecular weight excluding hydrogens is 297 g/mol. The fourth-order valence-electron chi connectivity index (χ4n) is 1.89. The maximum absolute atomic E-state index is 13.7. The Labute approximate surface area is 124 Å². The zero-order valence-electron chi connectivity index (χ0n) is 10.8. The van der Waals surface area contributed by atoms with Gasteiger partial charge in [-0.2, -0.15) is 10.1 Å².